The van der Waals surface area contributed by atoms with Gasteiger partial charge in [0.05, 0.1) is 6.26 Å². The molecule has 1 saturated heterocycles. The lowest BCUT2D eigenvalue weighted by atomic mass is 10.2. The summed E-state index contributed by atoms with van der Waals surface area (Å²) < 4.78 is 25.2. The van der Waals surface area contributed by atoms with E-state index < -0.39 is 10.0 Å². The van der Waals surface area contributed by atoms with Crippen molar-refractivity contribution in [1.29, 1.82) is 0 Å². The predicted octanol–water partition coefficient (Wildman–Crippen LogP) is 1.45. The summed E-state index contributed by atoms with van der Waals surface area (Å²) in [6.07, 6.45) is 2.10. The molecule has 112 valence electrons. The topological polar surface area (TPSA) is 40.6 Å². The normalized spacial score (nSPS) is 24.4. The van der Waals surface area contributed by atoms with Gasteiger partial charge >= 0.3 is 0 Å². The summed E-state index contributed by atoms with van der Waals surface area (Å²) in [5, 5.41) is 0.139. The molecule has 0 radical (unpaired) electrons. The standard InChI is InChI=1S/C14H22N2O2S2/c1-15(9-12-6-4-3-5-7-12)10-13-8-14(19)11-16(13)20(2,17)18/h3-7,13-14,19H,8-11H2,1-2H3/t13-,14+/m0/s1. The monoisotopic (exact) mass is 314 g/mol. The molecule has 4 nitrogen and oxygen atoms in total. The molecule has 1 aliphatic heterocycles. The number of likely N-dealkylation sites (N-methyl/N-ethyl adjacent to an activating group) is 1. The van der Waals surface area contributed by atoms with Crippen LogP contribution >= 0.6 is 12.6 Å². The van der Waals surface area contributed by atoms with Crippen molar-refractivity contribution in [2.75, 3.05) is 26.4 Å². The molecule has 1 aromatic carbocycles. The molecule has 1 aromatic rings. The highest BCUT2D eigenvalue weighted by atomic mass is 32.2. The summed E-state index contributed by atoms with van der Waals surface area (Å²) in [5.41, 5.74) is 1.24. The van der Waals surface area contributed by atoms with Crippen molar-refractivity contribution in [1.82, 2.24) is 9.21 Å². The zero-order chi connectivity index (χ0) is 14.8. The highest BCUT2D eigenvalue weighted by molar-refractivity contribution is 7.88. The van der Waals surface area contributed by atoms with Crippen LogP contribution in [0.25, 0.3) is 0 Å². The van der Waals surface area contributed by atoms with Crippen LogP contribution in [-0.4, -0.2) is 55.3 Å². The van der Waals surface area contributed by atoms with Gasteiger partial charge in [-0.3, -0.25) is 0 Å². The summed E-state index contributed by atoms with van der Waals surface area (Å²) in [4.78, 5) is 2.17. The van der Waals surface area contributed by atoms with Gasteiger partial charge < -0.3 is 4.90 Å². The van der Waals surface area contributed by atoms with E-state index in [1.807, 2.05) is 25.2 Å². The summed E-state index contributed by atoms with van der Waals surface area (Å²) in [5.74, 6) is 0. The molecule has 0 N–H and O–H groups in total. The Morgan fingerprint density at radius 3 is 2.60 bits per heavy atom. The van der Waals surface area contributed by atoms with Gasteiger partial charge in [0.25, 0.3) is 0 Å². The lowest BCUT2D eigenvalue weighted by Gasteiger charge is -2.26. The van der Waals surface area contributed by atoms with Crippen LogP contribution in [0.5, 0.6) is 0 Å². The Hall–Kier alpha value is -0.560. The van der Waals surface area contributed by atoms with E-state index >= 15 is 0 Å². The van der Waals surface area contributed by atoms with Gasteiger partial charge in [-0.15, -0.1) is 0 Å². The smallest absolute Gasteiger partial charge is 0.211 e. The Bertz CT molecular complexity index is 533. The van der Waals surface area contributed by atoms with E-state index in [1.54, 1.807) is 4.31 Å². The van der Waals surface area contributed by atoms with Crippen molar-refractivity contribution < 1.29 is 8.42 Å². The van der Waals surface area contributed by atoms with E-state index in [0.717, 1.165) is 19.5 Å². The lowest BCUT2D eigenvalue weighted by molar-refractivity contribution is 0.251. The fourth-order valence-electron chi connectivity index (χ4n) is 2.75. The number of hydrogen-bond acceptors (Lipinski definition) is 4. The molecule has 1 aliphatic rings. The maximum absolute atomic E-state index is 11.8. The van der Waals surface area contributed by atoms with Crippen molar-refractivity contribution in [3.8, 4) is 0 Å². The average Bonchev–Trinajstić information content (AvgIpc) is 2.71. The molecule has 0 saturated carbocycles. The van der Waals surface area contributed by atoms with Crippen molar-refractivity contribution in [2.24, 2.45) is 0 Å². The van der Waals surface area contributed by atoms with E-state index in [9.17, 15) is 8.42 Å². The number of nitrogens with zero attached hydrogens (tertiary/aromatic N) is 2. The first-order valence-electron chi connectivity index (χ1n) is 6.73. The third-order valence-electron chi connectivity index (χ3n) is 3.59. The van der Waals surface area contributed by atoms with E-state index in [4.69, 9.17) is 0 Å². The Morgan fingerprint density at radius 1 is 1.35 bits per heavy atom. The van der Waals surface area contributed by atoms with Gasteiger partial charge in [-0.05, 0) is 19.0 Å². The van der Waals surface area contributed by atoms with Gasteiger partial charge in [0.15, 0.2) is 0 Å². The molecule has 2 rings (SSSR count). The molecule has 1 heterocycles. The SMILES string of the molecule is CN(Cc1ccccc1)C[C@@H]1C[C@@H](S)CN1S(C)(=O)=O. The first-order chi connectivity index (χ1) is 9.36. The molecule has 0 unspecified atom stereocenters. The largest absolute Gasteiger partial charge is 0.301 e. The molecule has 0 spiro atoms. The average molecular weight is 314 g/mol. The Balaban J connectivity index is 1.98. The van der Waals surface area contributed by atoms with E-state index in [0.29, 0.717) is 6.54 Å². The second kappa shape index (κ2) is 6.47. The summed E-state index contributed by atoms with van der Waals surface area (Å²) in [6.45, 7) is 2.08. The van der Waals surface area contributed by atoms with Crippen LogP contribution in [-0.2, 0) is 16.6 Å². The van der Waals surface area contributed by atoms with Crippen LogP contribution in [0.4, 0.5) is 0 Å². The van der Waals surface area contributed by atoms with Gasteiger partial charge in [-0.25, -0.2) is 8.42 Å². The molecule has 0 aliphatic carbocycles. The second-order valence-corrected chi connectivity index (χ2v) is 8.22. The van der Waals surface area contributed by atoms with Crippen molar-refractivity contribution >= 4 is 22.7 Å². The minimum Gasteiger partial charge on any atom is -0.301 e. The first-order valence-corrected chi connectivity index (χ1v) is 9.10. The summed E-state index contributed by atoms with van der Waals surface area (Å²) in [7, 11) is -1.12. The molecule has 20 heavy (non-hydrogen) atoms. The van der Waals surface area contributed by atoms with Crippen LogP contribution in [0.3, 0.4) is 0 Å². The summed E-state index contributed by atoms with van der Waals surface area (Å²) in [6, 6.07) is 10.2. The maximum Gasteiger partial charge on any atom is 0.211 e. The third-order valence-corrected chi connectivity index (χ3v) is 5.26. The second-order valence-electron chi connectivity index (χ2n) is 5.56. The fourth-order valence-corrected chi connectivity index (χ4v) is 4.43. The number of sulfonamides is 1. The van der Waals surface area contributed by atoms with Crippen molar-refractivity contribution in [2.45, 2.75) is 24.3 Å². The van der Waals surface area contributed by atoms with Gasteiger partial charge in [0.1, 0.15) is 0 Å². The van der Waals surface area contributed by atoms with Gasteiger partial charge in [0, 0.05) is 30.9 Å². The lowest BCUT2D eigenvalue weighted by Crippen LogP contribution is -2.41. The van der Waals surface area contributed by atoms with Gasteiger partial charge in [-0.1, -0.05) is 30.3 Å². The van der Waals surface area contributed by atoms with Crippen LogP contribution in [0.15, 0.2) is 30.3 Å². The highest BCUT2D eigenvalue weighted by Crippen LogP contribution is 2.25. The molecule has 6 heteroatoms. The zero-order valence-electron chi connectivity index (χ0n) is 11.9. The minimum absolute atomic E-state index is 0.0289. The van der Waals surface area contributed by atoms with Crippen LogP contribution in [0.2, 0.25) is 0 Å². The van der Waals surface area contributed by atoms with Crippen LogP contribution in [0, 0.1) is 0 Å². The van der Waals surface area contributed by atoms with Crippen molar-refractivity contribution in [3.63, 3.8) is 0 Å². The molecule has 0 bridgehead atoms. The van der Waals surface area contributed by atoms with Crippen LogP contribution < -0.4 is 0 Å². The Kier molecular flexibility index (Phi) is 5.12. The van der Waals surface area contributed by atoms with Gasteiger partial charge in [-0.2, -0.15) is 16.9 Å². The van der Waals surface area contributed by atoms with E-state index in [2.05, 4.69) is 29.7 Å². The Morgan fingerprint density at radius 2 is 2.00 bits per heavy atom. The quantitative estimate of drug-likeness (QED) is 0.836. The third kappa shape index (κ3) is 4.22. The minimum atomic E-state index is -3.15. The van der Waals surface area contributed by atoms with E-state index in [1.165, 1.54) is 11.8 Å². The zero-order valence-corrected chi connectivity index (χ0v) is 13.6. The number of thiol groups is 1. The molecular formula is C14H22N2O2S2. The summed E-state index contributed by atoms with van der Waals surface area (Å²) >= 11 is 4.44. The first kappa shape index (κ1) is 15.8. The number of benzene rings is 1. The maximum atomic E-state index is 11.8. The molecule has 0 aromatic heterocycles. The number of hydrogen-bond donors (Lipinski definition) is 1. The molecule has 0 amide bonds. The van der Waals surface area contributed by atoms with Crippen molar-refractivity contribution in [3.05, 3.63) is 35.9 Å². The predicted molar refractivity (Wildman–Crippen MR) is 85.5 cm³/mol. The highest BCUT2D eigenvalue weighted by Gasteiger charge is 2.36. The molecule has 1 fully saturated rings. The Labute approximate surface area is 127 Å². The molecule has 2 atom stereocenters. The fraction of sp³-hybridized carbons (Fsp3) is 0.571. The molecular weight excluding hydrogens is 292 g/mol. The number of rotatable bonds is 5. The van der Waals surface area contributed by atoms with Gasteiger partial charge in [0.2, 0.25) is 10.0 Å². The van der Waals surface area contributed by atoms with Crippen LogP contribution in [0.1, 0.15) is 12.0 Å². The van der Waals surface area contributed by atoms with E-state index in [-0.39, 0.29) is 11.3 Å².